The summed E-state index contributed by atoms with van der Waals surface area (Å²) in [4.78, 5) is 10.7. The number of nitrogens with one attached hydrogen (secondary N) is 3. The average Bonchev–Trinajstić information content (AvgIpc) is 3.01. The number of aromatic nitrogens is 3. The highest BCUT2D eigenvalue weighted by atomic mass is 16.5. The summed E-state index contributed by atoms with van der Waals surface area (Å²) in [7, 11) is 0. The molecule has 3 rings (SSSR count). The lowest BCUT2D eigenvalue weighted by Gasteiger charge is -2.21. The first-order chi connectivity index (χ1) is 7.93. The predicted octanol–water partition coefficient (Wildman–Crippen LogP) is 1.07. The van der Waals surface area contributed by atoms with Gasteiger partial charge in [-0.2, -0.15) is 0 Å². The number of rotatable bonds is 2. The number of hydrogen-bond donors (Lipinski definition) is 3. The van der Waals surface area contributed by atoms with E-state index in [1.54, 1.807) is 0 Å². The van der Waals surface area contributed by atoms with E-state index in [9.17, 15) is 0 Å². The SMILES string of the molecule is c1cc(-c2cnc(C3CNCCO3)[nH]2)c[nH]1. The number of ether oxygens (including phenoxy) is 1. The van der Waals surface area contributed by atoms with Gasteiger partial charge in [-0.1, -0.05) is 0 Å². The van der Waals surface area contributed by atoms with Crippen LogP contribution in [0.4, 0.5) is 0 Å². The number of aromatic amines is 2. The van der Waals surface area contributed by atoms with Gasteiger partial charge in [0.05, 0.1) is 18.5 Å². The van der Waals surface area contributed by atoms with Crippen molar-refractivity contribution in [3.63, 3.8) is 0 Å². The fourth-order valence-electron chi connectivity index (χ4n) is 1.88. The maximum Gasteiger partial charge on any atom is 0.137 e. The Kier molecular flexibility index (Phi) is 2.47. The standard InChI is InChI=1S/C11H14N4O/c1-2-12-5-8(1)9-6-14-11(15-9)10-7-13-3-4-16-10/h1-2,5-6,10,12-13H,3-4,7H2,(H,14,15). The Morgan fingerprint density at radius 1 is 1.44 bits per heavy atom. The molecule has 0 saturated carbocycles. The molecule has 1 saturated heterocycles. The van der Waals surface area contributed by atoms with Crippen LogP contribution in [0.1, 0.15) is 11.9 Å². The Hall–Kier alpha value is -1.59. The second-order valence-electron chi connectivity index (χ2n) is 3.85. The van der Waals surface area contributed by atoms with Gasteiger partial charge in [0.15, 0.2) is 0 Å². The average molecular weight is 218 g/mol. The zero-order valence-electron chi connectivity index (χ0n) is 8.86. The van der Waals surface area contributed by atoms with E-state index in [0.717, 1.165) is 36.8 Å². The summed E-state index contributed by atoms with van der Waals surface area (Å²) in [5.41, 5.74) is 2.13. The van der Waals surface area contributed by atoms with Gasteiger partial charge in [-0.25, -0.2) is 4.98 Å². The normalized spacial score (nSPS) is 21.1. The maximum atomic E-state index is 5.63. The summed E-state index contributed by atoms with van der Waals surface area (Å²) in [6.45, 7) is 2.48. The summed E-state index contributed by atoms with van der Waals surface area (Å²) in [6.07, 6.45) is 5.73. The van der Waals surface area contributed by atoms with Gasteiger partial charge in [0.1, 0.15) is 11.9 Å². The minimum absolute atomic E-state index is 0.0430. The molecule has 3 heterocycles. The Labute approximate surface area is 93.2 Å². The van der Waals surface area contributed by atoms with Gasteiger partial charge in [-0.15, -0.1) is 0 Å². The van der Waals surface area contributed by atoms with Crippen LogP contribution in [-0.4, -0.2) is 34.6 Å². The van der Waals surface area contributed by atoms with Gasteiger partial charge in [0.25, 0.3) is 0 Å². The molecule has 1 aliphatic heterocycles. The predicted molar refractivity (Wildman–Crippen MR) is 59.9 cm³/mol. The van der Waals surface area contributed by atoms with Crippen molar-refractivity contribution < 1.29 is 4.74 Å². The molecule has 2 aromatic rings. The van der Waals surface area contributed by atoms with Crippen molar-refractivity contribution >= 4 is 0 Å². The first-order valence-electron chi connectivity index (χ1n) is 5.44. The number of imidazole rings is 1. The van der Waals surface area contributed by atoms with Crippen molar-refractivity contribution in [2.45, 2.75) is 6.10 Å². The van der Waals surface area contributed by atoms with Crippen LogP contribution in [0.5, 0.6) is 0 Å². The van der Waals surface area contributed by atoms with Crippen LogP contribution in [0.3, 0.4) is 0 Å². The number of nitrogens with zero attached hydrogens (tertiary/aromatic N) is 1. The van der Waals surface area contributed by atoms with E-state index >= 15 is 0 Å². The third-order valence-electron chi connectivity index (χ3n) is 2.74. The fraction of sp³-hybridized carbons (Fsp3) is 0.364. The summed E-state index contributed by atoms with van der Waals surface area (Å²) in [6, 6.07) is 2.01. The van der Waals surface area contributed by atoms with Crippen LogP contribution in [0.25, 0.3) is 11.3 Å². The molecule has 16 heavy (non-hydrogen) atoms. The smallest absolute Gasteiger partial charge is 0.137 e. The molecule has 84 valence electrons. The second-order valence-corrected chi connectivity index (χ2v) is 3.85. The lowest BCUT2D eigenvalue weighted by molar-refractivity contribution is 0.0227. The molecule has 0 aliphatic carbocycles. The summed E-state index contributed by atoms with van der Waals surface area (Å²) >= 11 is 0. The van der Waals surface area contributed by atoms with E-state index in [4.69, 9.17) is 4.74 Å². The molecule has 0 spiro atoms. The summed E-state index contributed by atoms with van der Waals surface area (Å²) in [5.74, 6) is 0.892. The third-order valence-corrected chi connectivity index (χ3v) is 2.74. The van der Waals surface area contributed by atoms with Gasteiger partial charge in [-0.3, -0.25) is 0 Å². The quantitative estimate of drug-likeness (QED) is 0.706. The monoisotopic (exact) mass is 218 g/mol. The molecule has 1 atom stereocenters. The summed E-state index contributed by atoms with van der Waals surface area (Å²) in [5, 5.41) is 3.29. The molecular formula is C11H14N4O. The van der Waals surface area contributed by atoms with Crippen LogP contribution in [-0.2, 0) is 4.74 Å². The minimum Gasteiger partial charge on any atom is -0.368 e. The highest BCUT2D eigenvalue weighted by Crippen LogP contribution is 2.20. The molecule has 0 amide bonds. The first-order valence-corrected chi connectivity index (χ1v) is 5.44. The van der Waals surface area contributed by atoms with Crippen molar-refractivity contribution in [1.29, 1.82) is 0 Å². The highest BCUT2D eigenvalue weighted by Gasteiger charge is 2.18. The highest BCUT2D eigenvalue weighted by molar-refractivity contribution is 5.57. The molecule has 0 aromatic carbocycles. The zero-order chi connectivity index (χ0) is 10.8. The van der Waals surface area contributed by atoms with E-state index in [0.29, 0.717) is 0 Å². The zero-order valence-corrected chi connectivity index (χ0v) is 8.86. The largest absolute Gasteiger partial charge is 0.368 e. The second kappa shape index (κ2) is 4.11. The minimum atomic E-state index is 0.0430. The topological polar surface area (TPSA) is 65.7 Å². The van der Waals surface area contributed by atoms with E-state index in [1.165, 1.54) is 0 Å². The van der Waals surface area contributed by atoms with Crippen molar-refractivity contribution in [1.82, 2.24) is 20.3 Å². The van der Waals surface area contributed by atoms with Crippen LogP contribution in [0, 0.1) is 0 Å². The van der Waals surface area contributed by atoms with Crippen molar-refractivity contribution in [3.05, 3.63) is 30.5 Å². The van der Waals surface area contributed by atoms with Crippen LogP contribution in [0.2, 0.25) is 0 Å². The molecule has 0 bridgehead atoms. The lowest BCUT2D eigenvalue weighted by atomic mass is 10.2. The molecule has 2 aromatic heterocycles. The molecule has 1 aliphatic rings. The van der Waals surface area contributed by atoms with E-state index in [-0.39, 0.29) is 6.10 Å². The molecule has 1 unspecified atom stereocenters. The van der Waals surface area contributed by atoms with Gasteiger partial charge in [0.2, 0.25) is 0 Å². The van der Waals surface area contributed by atoms with Gasteiger partial charge in [-0.05, 0) is 6.07 Å². The molecule has 5 nitrogen and oxygen atoms in total. The van der Waals surface area contributed by atoms with Crippen molar-refractivity contribution in [3.8, 4) is 11.3 Å². The van der Waals surface area contributed by atoms with Crippen molar-refractivity contribution in [2.24, 2.45) is 0 Å². The van der Waals surface area contributed by atoms with Crippen molar-refractivity contribution in [2.75, 3.05) is 19.7 Å². The Balaban J connectivity index is 1.82. The molecule has 1 fully saturated rings. The molecule has 0 radical (unpaired) electrons. The molecule has 3 N–H and O–H groups in total. The Bertz CT molecular complexity index is 442. The molecule has 5 heteroatoms. The number of hydrogen-bond acceptors (Lipinski definition) is 3. The summed E-state index contributed by atoms with van der Waals surface area (Å²) < 4.78 is 5.63. The maximum absolute atomic E-state index is 5.63. The first kappa shape index (κ1) is 9.62. The lowest BCUT2D eigenvalue weighted by Crippen LogP contribution is -2.33. The van der Waals surface area contributed by atoms with Crippen LogP contribution < -0.4 is 5.32 Å². The van der Waals surface area contributed by atoms with Gasteiger partial charge < -0.3 is 20.0 Å². The van der Waals surface area contributed by atoms with E-state index in [1.807, 2.05) is 24.7 Å². The number of H-pyrrole nitrogens is 2. The van der Waals surface area contributed by atoms with Crippen LogP contribution >= 0.6 is 0 Å². The van der Waals surface area contributed by atoms with E-state index < -0.39 is 0 Å². The third kappa shape index (κ3) is 1.75. The van der Waals surface area contributed by atoms with E-state index in [2.05, 4.69) is 20.3 Å². The van der Waals surface area contributed by atoms with Gasteiger partial charge in [0, 0.05) is 31.0 Å². The van der Waals surface area contributed by atoms with Gasteiger partial charge >= 0.3 is 0 Å². The number of morpholine rings is 1. The molecular weight excluding hydrogens is 204 g/mol. The van der Waals surface area contributed by atoms with Crippen LogP contribution in [0.15, 0.2) is 24.7 Å². The fourth-order valence-corrected chi connectivity index (χ4v) is 1.88. The Morgan fingerprint density at radius 3 is 3.19 bits per heavy atom. The Morgan fingerprint density at radius 2 is 2.44 bits per heavy atom.